The molecular weight excluding hydrogens is 400 g/mol. The fourth-order valence-electron chi connectivity index (χ4n) is 2.91. The van der Waals surface area contributed by atoms with Crippen molar-refractivity contribution in [1.29, 1.82) is 0 Å². The lowest BCUT2D eigenvalue weighted by atomic mass is 10.2. The van der Waals surface area contributed by atoms with Gasteiger partial charge in [0.25, 0.3) is 0 Å². The van der Waals surface area contributed by atoms with Crippen molar-refractivity contribution >= 4 is 34.4 Å². The number of benzene rings is 1. The number of aryl methyl sites for hydroxylation is 1. The average molecular weight is 418 g/mol. The summed E-state index contributed by atoms with van der Waals surface area (Å²) in [5.74, 6) is -6.17. The smallest absolute Gasteiger partial charge is 0.196 e. The summed E-state index contributed by atoms with van der Waals surface area (Å²) in [6, 6.07) is 0.295. The van der Waals surface area contributed by atoms with Gasteiger partial charge in [0.1, 0.15) is 5.69 Å². The number of nitrogens with zero attached hydrogens (tertiary/aromatic N) is 3. The zero-order valence-electron chi connectivity index (χ0n) is 14.6. The quantitative estimate of drug-likeness (QED) is 0.354. The molecule has 4 nitrogen and oxygen atoms in total. The van der Waals surface area contributed by atoms with Gasteiger partial charge in [-0.2, -0.15) is 0 Å². The van der Waals surface area contributed by atoms with Crippen molar-refractivity contribution in [3.05, 3.63) is 45.4 Å². The number of thiocarbonyl (C=S) groups is 1. The zero-order valence-corrected chi connectivity index (χ0v) is 16.2. The van der Waals surface area contributed by atoms with Crippen LogP contribution in [0, 0.1) is 30.2 Å². The second kappa shape index (κ2) is 8.49. The number of aromatic nitrogens is 1. The van der Waals surface area contributed by atoms with E-state index in [2.05, 4.69) is 15.2 Å². The van der Waals surface area contributed by atoms with Crippen molar-refractivity contribution in [2.45, 2.75) is 19.9 Å². The molecule has 1 N–H and O–H groups in total. The molecule has 27 heavy (non-hydrogen) atoms. The number of nitrogens with one attached hydrogen (secondary N) is 1. The lowest BCUT2D eigenvalue weighted by Gasteiger charge is -2.25. The molecule has 3 rings (SSSR count). The van der Waals surface area contributed by atoms with Gasteiger partial charge in [-0.15, -0.1) is 11.3 Å². The first-order chi connectivity index (χ1) is 12.8. The molecule has 1 saturated heterocycles. The molecular formula is C17H18F4N4S2. The highest BCUT2D eigenvalue weighted by atomic mass is 32.1. The number of hydrogen-bond donors (Lipinski definition) is 1. The van der Waals surface area contributed by atoms with Crippen LogP contribution in [-0.2, 0) is 6.54 Å². The van der Waals surface area contributed by atoms with Gasteiger partial charge >= 0.3 is 0 Å². The predicted octanol–water partition coefficient (Wildman–Crippen LogP) is 3.91. The molecule has 0 aliphatic carbocycles. The number of rotatable bonds is 3. The minimum atomic E-state index is -1.73. The van der Waals surface area contributed by atoms with Crippen LogP contribution in [-0.4, -0.2) is 46.1 Å². The Morgan fingerprint density at radius 1 is 1.15 bits per heavy atom. The van der Waals surface area contributed by atoms with E-state index >= 15 is 0 Å². The van der Waals surface area contributed by atoms with Crippen LogP contribution in [0.4, 0.5) is 23.2 Å². The van der Waals surface area contributed by atoms with Crippen molar-refractivity contribution in [1.82, 2.24) is 14.8 Å². The van der Waals surface area contributed by atoms with Crippen molar-refractivity contribution in [2.24, 2.45) is 0 Å². The summed E-state index contributed by atoms with van der Waals surface area (Å²) in [7, 11) is 0. The minimum absolute atomic E-state index is 0.0742. The van der Waals surface area contributed by atoms with Crippen LogP contribution in [0.1, 0.15) is 17.1 Å². The van der Waals surface area contributed by atoms with Gasteiger partial charge < -0.3 is 10.2 Å². The molecule has 2 heterocycles. The van der Waals surface area contributed by atoms with E-state index in [1.165, 1.54) is 0 Å². The number of thiazole rings is 1. The van der Waals surface area contributed by atoms with E-state index < -0.39 is 29.0 Å². The van der Waals surface area contributed by atoms with E-state index in [9.17, 15) is 17.6 Å². The number of anilines is 1. The molecule has 0 spiro atoms. The SMILES string of the molecule is Cc1nc(CN2CCCN(C(=S)Nc3c(F)cc(F)c(F)c3F)CC2)cs1. The molecule has 2 aromatic rings. The van der Waals surface area contributed by atoms with Gasteiger partial charge in [-0.1, -0.05) is 0 Å². The van der Waals surface area contributed by atoms with Gasteiger partial charge in [-0.3, -0.25) is 4.90 Å². The van der Waals surface area contributed by atoms with Gasteiger partial charge in [-0.05, 0) is 25.6 Å². The van der Waals surface area contributed by atoms with E-state index in [0.717, 1.165) is 30.2 Å². The minimum Gasteiger partial charge on any atom is -0.348 e. The fourth-order valence-corrected chi connectivity index (χ4v) is 3.80. The summed E-state index contributed by atoms with van der Waals surface area (Å²) in [5, 5.41) is 5.50. The van der Waals surface area contributed by atoms with E-state index in [0.29, 0.717) is 25.7 Å². The van der Waals surface area contributed by atoms with Crippen LogP contribution in [0.25, 0.3) is 0 Å². The summed E-state index contributed by atoms with van der Waals surface area (Å²) in [6.07, 6.45) is 0.799. The number of halogens is 4. The second-order valence-electron chi connectivity index (χ2n) is 6.25. The lowest BCUT2D eigenvalue weighted by Crippen LogP contribution is -2.38. The topological polar surface area (TPSA) is 31.4 Å². The summed E-state index contributed by atoms with van der Waals surface area (Å²) in [6.45, 7) is 5.35. The van der Waals surface area contributed by atoms with Crippen LogP contribution in [0.15, 0.2) is 11.4 Å². The lowest BCUT2D eigenvalue weighted by molar-refractivity contribution is 0.275. The molecule has 146 valence electrons. The Morgan fingerprint density at radius 3 is 2.63 bits per heavy atom. The highest BCUT2D eigenvalue weighted by Crippen LogP contribution is 2.24. The standard InChI is InChI=1S/C17H18F4N4S2/c1-10-22-11(9-27-10)8-24-3-2-4-25(6-5-24)17(26)23-16-13(19)7-12(18)14(20)15(16)21/h7,9H,2-6,8H2,1H3,(H,23,26). The van der Waals surface area contributed by atoms with Crippen molar-refractivity contribution in [3.63, 3.8) is 0 Å². The molecule has 0 bridgehead atoms. The van der Waals surface area contributed by atoms with E-state index in [1.807, 2.05) is 12.3 Å². The largest absolute Gasteiger partial charge is 0.348 e. The molecule has 1 aliphatic heterocycles. The van der Waals surface area contributed by atoms with Crippen LogP contribution < -0.4 is 5.32 Å². The molecule has 1 aromatic carbocycles. The van der Waals surface area contributed by atoms with Gasteiger partial charge in [0.15, 0.2) is 28.4 Å². The Labute approximate surface area is 163 Å². The zero-order chi connectivity index (χ0) is 19.6. The Morgan fingerprint density at radius 2 is 1.93 bits per heavy atom. The van der Waals surface area contributed by atoms with Crippen molar-refractivity contribution in [2.75, 3.05) is 31.5 Å². The van der Waals surface area contributed by atoms with E-state index in [4.69, 9.17) is 12.2 Å². The summed E-state index contributed by atoms with van der Waals surface area (Å²) < 4.78 is 54.0. The van der Waals surface area contributed by atoms with Gasteiger partial charge in [0.05, 0.1) is 10.7 Å². The Bertz CT molecular complexity index is 843. The third kappa shape index (κ3) is 4.74. The molecule has 1 fully saturated rings. The Balaban J connectivity index is 1.62. The van der Waals surface area contributed by atoms with Crippen LogP contribution in [0.5, 0.6) is 0 Å². The summed E-state index contributed by atoms with van der Waals surface area (Å²) in [5.41, 5.74) is 0.232. The van der Waals surface area contributed by atoms with Gasteiger partial charge in [0, 0.05) is 44.2 Å². The number of hydrogen-bond acceptors (Lipinski definition) is 4. The summed E-state index contributed by atoms with van der Waals surface area (Å²) in [4.78, 5) is 8.45. The maximum Gasteiger partial charge on any atom is 0.196 e. The Hall–Kier alpha value is -1.78. The van der Waals surface area contributed by atoms with E-state index in [-0.39, 0.29) is 5.11 Å². The first-order valence-corrected chi connectivity index (χ1v) is 9.66. The maximum absolute atomic E-state index is 13.8. The molecule has 0 amide bonds. The normalized spacial score (nSPS) is 15.7. The van der Waals surface area contributed by atoms with Gasteiger partial charge in [-0.25, -0.2) is 22.5 Å². The maximum atomic E-state index is 13.8. The highest BCUT2D eigenvalue weighted by molar-refractivity contribution is 7.80. The molecule has 10 heteroatoms. The first kappa shape index (κ1) is 20.0. The van der Waals surface area contributed by atoms with E-state index in [1.54, 1.807) is 16.2 Å². The third-order valence-corrected chi connectivity index (χ3v) is 5.46. The van der Waals surface area contributed by atoms with Crippen LogP contribution in [0.2, 0.25) is 0 Å². The summed E-state index contributed by atoms with van der Waals surface area (Å²) >= 11 is 6.82. The monoisotopic (exact) mass is 418 g/mol. The molecule has 0 unspecified atom stereocenters. The first-order valence-electron chi connectivity index (χ1n) is 8.37. The predicted molar refractivity (Wildman–Crippen MR) is 101 cm³/mol. The van der Waals surface area contributed by atoms with Crippen LogP contribution >= 0.6 is 23.6 Å². The van der Waals surface area contributed by atoms with Gasteiger partial charge in [0.2, 0.25) is 0 Å². The molecule has 1 aromatic heterocycles. The van der Waals surface area contributed by atoms with Crippen molar-refractivity contribution in [3.8, 4) is 0 Å². The third-order valence-electron chi connectivity index (χ3n) is 4.27. The highest BCUT2D eigenvalue weighted by Gasteiger charge is 2.23. The van der Waals surface area contributed by atoms with Crippen molar-refractivity contribution < 1.29 is 17.6 Å². The molecule has 0 saturated carbocycles. The molecule has 0 radical (unpaired) electrons. The Kier molecular flexibility index (Phi) is 6.28. The fraction of sp³-hybridized carbons (Fsp3) is 0.412. The molecule has 1 aliphatic rings. The second-order valence-corrected chi connectivity index (χ2v) is 7.70. The van der Waals surface area contributed by atoms with Crippen LogP contribution in [0.3, 0.4) is 0 Å². The molecule has 0 atom stereocenters. The average Bonchev–Trinajstić information content (AvgIpc) is 2.89.